The molecule has 6 aliphatic rings. The fourth-order valence-corrected chi connectivity index (χ4v) is 10.8. The molecule has 0 aliphatic carbocycles. The lowest BCUT2D eigenvalue weighted by atomic mass is 9.76. The normalized spacial score (nSPS) is 23.6. The van der Waals surface area contributed by atoms with E-state index >= 15 is 0 Å². The van der Waals surface area contributed by atoms with Gasteiger partial charge in [-0.2, -0.15) is 0 Å². The van der Waals surface area contributed by atoms with Gasteiger partial charge in [0, 0.05) is 106 Å². The summed E-state index contributed by atoms with van der Waals surface area (Å²) in [7, 11) is 0. The van der Waals surface area contributed by atoms with Crippen LogP contribution in [0.1, 0.15) is 82.9 Å². The Kier molecular flexibility index (Phi) is 10.8. The molecule has 0 bridgehead atoms. The first-order chi connectivity index (χ1) is 29.0. The highest BCUT2D eigenvalue weighted by atomic mass is 35.5. The molecule has 3 aromatic carbocycles. The SMILES string of the molecule is [C-]#[N+]c1ccc(N2CC3(CCN(c4ccc(C(=O)N5CCC(CN6CCN(c7ccc8c(c7)C(=O)N(C7CCC(=O)NC7=O)C8=O)CC6)CC5)cc4)CC3)C[C@@H]2C)cc1Cl. The number of carbonyl (C=O) groups is 5. The zero-order valence-electron chi connectivity index (χ0n) is 34.1. The molecule has 2 atom stereocenters. The molecular formula is C46H51ClN8O5. The number of anilines is 3. The number of halogens is 1. The first kappa shape index (κ1) is 40.0. The van der Waals surface area contributed by atoms with Gasteiger partial charge in [-0.25, -0.2) is 4.85 Å². The van der Waals surface area contributed by atoms with E-state index in [2.05, 4.69) is 48.8 Å². The zero-order chi connectivity index (χ0) is 41.7. The largest absolute Gasteiger partial charge is 0.371 e. The molecule has 5 saturated heterocycles. The van der Waals surface area contributed by atoms with Crippen LogP contribution in [-0.2, 0) is 9.59 Å². The number of piperazine rings is 1. The van der Waals surface area contributed by atoms with Crippen molar-refractivity contribution < 1.29 is 24.0 Å². The molecule has 6 aliphatic heterocycles. The van der Waals surface area contributed by atoms with Crippen LogP contribution in [-0.4, -0.2) is 122 Å². The number of amides is 5. The van der Waals surface area contributed by atoms with Gasteiger partial charge in [-0.3, -0.25) is 39.1 Å². The van der Waals surface area contributed by atoms with E-state index in [1.807, 2.05) is 41.3 Å². The maximum absolute atomic E-state index is 13.6. The minimum atomic E-state index is -0.974. The van der Waals surface area contributed by atoms with Gasteiger partial charge in [-0.05, 0) is 111 Å². The van der Waals surface area contributed by atoms with Crippen LogP contribution in [0.15, 0.2) is 60.7 Å². The van der Waals surface area contributed by atoms with Crippen molar-refractivity contribution in [2.75, 3.05) is 80.1 Å². The molecule has 9 rings (SSSR count). The van der Waals surface area contributed by atoms with E-state index < -0.39 is 29.7 Å². The number of rotatable bonds is 7. The van der Waals surface area contributed by atoms with Crippen molar-refractivity contribution in [3.05, 3.63) is 93.8 Å². The van der Waals surface area contributed by atoms with Gasteiger partial charge in [-0.15, -0.1) is 0 Å². The Balaban J connectivity index is 0.717. The maximum Gasteiger partial charge on any atom is 0.262 e. The summed E-state index contributed by atoms with van der Waals surface area (Å²) < 4.78 is 0. The van der Waals surface area contributed by atoms with Crippen LogP contribution in [0.4, 0.5) is 22.7 Å². The molecule has 0 radical (unpaired) electrons. The Bertz CT molecular complexity index is 2250. The summed E-state index contributed by atoms with van der Waals surface area (Å²) in [4.78, 5) is 80.3. The molecule has 312 valence electrons. The van der Waals surface area contributed by atoms with Crippen molar-refractivity contribution in [2.45, 2.75) is 64.0 Å². The molecule has 6 heterocycles. The number of hydrogen-bond acceptors (Lipinski definition) is 9. The highest BCUT2D eigenvalue weighted by Crippen LogP contribution is 2.46. The first-order valence-corrected chi connectivity index (χ1v) is 21.8. The van der Waals surface area contributed by atoms with Gasteiger partial charge in [0.15, 0.2) is 0 Å². The average Bonchev–Trinajstić information content (AvgIpc) is 3.71. The van der Waals surface area contributed by atoms with Crippen molar-refractivity contribution >= 4 is 63.9 Å². The van der Waals surface area contributed by atoms with Gasteiger partial charge < -0.3 is 19.6 Å². The molecule has 1 unspecified atom stereocenters. The van der Waals surface area contributed by atoms with Gasteiger partial charge in [0.05, 0.1) is 17.7 Å². The number of fused-ring (bicyclic) bond motifs is 1. The molecular weight excluding hydrogens is 780 g/mol. The zero-order valence-corrected chi connectivity index (χ0v) is 34.8. The monoisotopic (exact) mass is 830 g/mol. The van der Waals surface area contributed by atoms with Crippen LogP contribution < -0.4 is 20.0 Å². The second-order valence-electron chi connectivity index (χ2n) is 17.7. The molecule has 60 heavy (non-hydrogen) atoms. The number of nitrogens with zero attached hydrogens (tertiary/aromatic N) is 7. The van der Waals surface area contributed by atoms with Crippen molar-refractivity contribution in [1.82, 2.24) is 20.0 Å². The van der Waals surface area contributed by atoms with E-state index in [0.29, 0.717) is 33.8 Å². The fourth-order valence-electron chi connectivity index (χ4n) is 10.6. The van der Waals surface area contributed by atoms with E-state index in [1.54, 1.807) is 12.1 Å². The molecule has 5 fully saturated rings. The predicted octanol–water partition coefficient (Wildman–Crippen LogP) is 5.85. The van der Waals surface area contributed by atoms with Crippen molar-refractivity contribution in [3.8, 4) is 0 Å². The number of hydrogen-bond donors (Lipinski definition) is 1. The topological polar surface area (TPSA) is 121 Å². The lowest BCUT2D eigenvalue weighted by molar-refractivity contribution is -0.136. The molecule has 13 nitrogen and oxygen atoms in total. The van der Waals surface area contributed by atoms with Crippen LogP contribution in [0.25, 0.3) is 4.85 Å². The standard InChI is InChI=1S/C46H51ClN8O5/c1-30-27-46(29-54(30)35-8-10-39(48-2)38(47)26-35)15-19-51(20-16-46)33-5-3-32(4-6-33)43(58)53-17-13-31(14-18-53)28-50-21-23-52(24-22-50)34-7-9-36-37(25-34)45(60)55(44(36)59)40-11-12-41(56)49-42(40)57/h3-10,25-26,30-31,40H,11-24,27-29H2,1H3,(H,49,56,57)/t30-,40?/m0/s1. The Morgan fingerprint density at radius 3 is 2.15 bits per heavy atom. The molecule has 5 amide bonds. The summed E-state index contributed by atoms with van der Waals surface area (Å²) in [5, 5.41) is 2.76. The van der Waals surface area contributed by atoms with Gasteiger partial charge in [0.25, 0.3) is 17.7 Å². The summed E-state index contributed by atoms with van der Waals surface area (Å²) in [5.74, 6) is -1.36. The third kappa shape index (κ3) is 7.60. The Labute approximate surface area is 356 Å². The number of likely N-dealkylation sites (tertiary alicyclic amines) is 1. The van der Waals surface area contributed by atoms with Crippen molar-refractivity contribution in [2.24, 2.45) is 11.3 Å². The fraction of sp³-hybridized carbons (Fsp3) is 0.478. The number of carbonyl (C=O) groups excluding carboxylic acids is 5. The molecule has 3 aromatic rings. The molecule has 1 N–H and O–H groups in total. The third-order valence-electron chi connectivity index (χ3n) is 14.0. The number of imide groups is 2. The van der Waals surface area contributed by atoms with E-state index in [9.17, 15) is 24.0 Å². The molecule has 1 spiro atoms. The Hall–Kier alpha value is -5.45. The highest BCUT2D eigenvalue weighted by molar-refractivity contribution is 6.33. The quantitative estimate of drug-likeness (QED) is 0.231. The van der Waals surface area contributed by atoms with E-state index in [0.717, 1.165) is 119 Å². The van der Waals surface area contributed by atoms with E-state index in [-0.39, 0.29) is 24.2 Å². The summed E-state index contributed by atoms with van der Waals surface area (Å²) in [5.41, 5.74) is 5.24. The lowest BCUT2D eigenvalue weighted by Gasteiger charge is -2.40. The Morgan fingerprint density at radius 1 is 0.800 bits per heavy atom. The summed E-state index contributed by atoms with van der Waals surface area (Å²) >= 11 is 6.39. The highest BCUT2D eigenvalue weighted by Gasteiger charge is 2.46. The van der Waals surface area contributed by atoms with Crippen LogP contribution in [0, 0.1) is 17.9 Å². The van der Waals surface area contributed by atoms with E-state index in [1.165, 1.54) is 5.69 Å². The average molecular weight is 831 g/mol. The van der Waals surface area contributed by atoms with Gasteiger partial charge >= 0.3 is 0 Å². The van der Waals surface area contributed by atoms with Crippen molar-refractivity contribution in [3.63, 3.8) is 0 Å². The number of nitrogens with one attached hydrogen (secondary N) is 1. The summed E-state index contributed by atoms with van der Waals surface area (Å²) in [6.45, 7) is 18.4. The summed E-state index contributed by atoms with van der Waals surface area (Å²) in [6, 6.07) is 18.8. The second kappa shape index (κ2) is 16.2. The van der Waals surface area contributed by atoms with E-state index in [4.69, 9.17) is 18.2 Å². The van der Waals surface area contributed by atoms with Crippen LogP contribution in [0.3, 0.4) is 0 Å². The number of benzene rings is 3. The Morgan fingerprint density at radius 2 is 1.47 bits per heavy atom. The van der Waals surface area contributed by atoms with Crippen LogP contribution in [0.5, 0.6) is 0 Å². The van der Waals surface area contributed by atoms with Gasteiger partial charge in [0.1, 0.15) is 6.04 Å². The molecule has 0 aromatic heterocycles. The number of piperidine rings is 3. The predicted molar refractivity (Wildman–Crippen MR) is 230 cm³/mol. The maximum atomic E-state index is 13.6. The third-order valence-corrected chi connectivity index (χ3v) is 14.3. The van der Waals surface area contributed by atoms with Crippen molar-refractivity contribution in [1.29, 1.82) is 0 Å². The lowest BCUT2D eigenvalue weighted by Crippen LogP contribution is -2.54. The van der Waals surface area contributed by atoms with Gasteiger partial charge in [0.2, 0.25) is 17.5 Å². The smallest absolute Gasteiger partial charge is 0.262 e. The van der Waals surface area contributed by atoms with Gasteiger partial charge in [-0.1, -0.05) is 17.7 Å². The second-order valence-corrected chi connectivity index (χ2v) is 18.1. The first-order valence-electron chi connectivity index (χ1n) is 21.4. The minimum absolute atomic E-state index is 0.0914. The molecule has 0 saturated carbocycles. The summed E-state index contributed by atoms with van der Waals surface area (Å²) in [6.07, 6.45) is 5.54. The van der Waals surface area contributed by atoms with Crippen LogP contribution in [0.2, 0.25) is 5.02 Å². The minimum Gasteiger partial charge on any atom is -0.371 e. The van der Waals surface area contributed by atoms with Crippen LogP contribution >= 0.6 is 11.6 Å². The molecule has 14 heteroatoms.